The number of fused-ring (bicyclic) bond motifs is 1. The van der Waals surface area contributed by atoms with E-state index in [1.807, 2.05) is 23.1 Å². The van der Waals surface area contributed by atoms with Gasteiger partial charge in [0.1, 0.15) is 17.1 Å². The minimum atomic E-state index is -0.303. The van der Waals surface area contributed by atoms with Gasteiger partial charge in [-0.2, -0.15) is 0 Å². The molecule has 0 unspecified atom stereocenters. The van der Waals surface area contributed by atoms with Crippen molar-refractivity contribution in [3.8, 4) is 11.5 Å². The van der Waals surface area contributed by atoms with Gasteiger partial charge in [-0.3, -0.25) is 9.59 Å². The predicted octanol–water partition coefficient (Wildman–Crippen LogP) is 4.28. The number of hydrogen-bond donors (Lipinski definition) is 1. The number of anilines is 2. The first-order valence-electron chi connectivity index (χ1n) is 9.90. The molecule has 0 aromatic heterocycles. The molecule has 6 heteroatoms. The Labute approximate surface area is 171 Å². The summed E-state index contributed by atoms with van der Waals surface area (Å²) >= 11 is 0. The molecule has 1 heterocycles. The highest BCUT2D eigenvalue weighted by Crippen LogP contribution is 2.32. The molecule has 6 nitrogen and oxygen atoms in total. The van der Waals surface area contributed by atoms with Crippen molar-refractivity contribution in [2.75, 3.05) is 31.0 Å². The number of amides is 2. The summed E-state index contributed by atoms with van der Waals surface area (Å²) in [5.74, 6) is 1.29. The summed E-state index contributed by atoms with van der Waals surface area (Å²) < 4.78 is 10.6. The summed E-state index contributed by atoms with van der Waals surface area (Å²) in [6.45, 7) is 5.02. The van der Waals surface area contributed by atoms with Gasteiger partial charge in [0.25, 0.3) is 5.91 Å². The van der Waals surface area contributed by atoms with Crippen LogP contribution in [0.5, 0.6) is 11.5 Å². The molecule has 0 aliphatic carbocycles. The topological polar surface area (TPSA) is 67.9 Å². The SMILES string of the molecule is COc1cccc(OC)c1C(=O)Nc1ccc2c(c1)CCC(=O)N2CCC(C)C. The summed E-state index contributed by atoms with van der Waals surface area (Å²) in [4.78, 5) is 27.2. The molecule has 0 radical (unpaired) electrons. The standard InChI is InChI=1S/C23H28N2O4/c1-15(2)12-13-25-18-10-9-17(14-16(18)8-11-21(25)26)24-23(27)22-19(28-3)6-5-7-20(22)29-4/h5-7,9-10,14-15H,8,11-13H2,1-4H3,(H,24,27). The molecular weight excluding hydrogens is 368 g/mol. The molecule has 0 spiro atoms. The zero-order valence-corrected chi connectivity index (χ0v) is 17.5. The summed E-state index contributed by atoms with van der Waals surface area (Å²) in [7, 11) is 3.04. The number of aryl methyl sites for hydroxylation is 1. The third kappa shape index (κ3) is 4.53. The zero-order chi connectivity index (χ0) is 21.0. The van der Waals surface area contributed by atoms with Crippen LogP contribution in [0.1, 0.15) is 42.6 Å². The molecule has 1 N–H and O–H groups in total. The van der Waals surface area contributed by atoms with Crippen LogP contribution >= 0.6 is 0 Å². The maximum Gasteiger partial charge on any atom is 0.263 e. The van der Waals surface area contributed by atoms with Crippen molar-refractivity contribution in [1.29, 1.82) is 0 Å². The molecule has 0 fully saturated rings. The lowest BCUT2D eigenvalue weighted by atomic mass is 9.99. The highest BCUT2D eigenvalue weighted by atomic mass is 16.5. The summed E-state index contributed by atoms with van der Waals surface area (Å²) in [5.41, 5.74) is 3.04. The molecule has 1 aliphatic rings. The fraction of sp³-hybridized carbons (Fsp3) is 0.391. The van der Waals surface area contributed by atoms with Gasteiger partial charge < -0.3 is 19.7 Å². The molecule has 0 bridgehead atoms. The number of nitrogens with zero attached hydrogens (tertiary/aromatic N) is 1. The summed E-state index contributed by atoms with van der Waals surface area (Å²) in [6.07, 6.45) is 2.12. The van der Waals surface area contributed by atoms with E-state index in [4.69, 9.17) is 9.47 Å². The molecule has 0 atom stereocenters. The number of methoxy groups -OCH3 is 2. The van der Waals surface area contributed by atoms with Crippen molar-refractivity contribution in [2.45, 2.75) is 33.1 Å². The average molecular weight is 396 g/mol. The van der Waals surface area contributed by atoms with Crippen molar-refractivity contribution in [1.82, 2.24) is 0 Å². The minimum Gasteiger partial charge on any atom is -0.496 e. The van der Waals surface area contributed by atoms with Crippen LogP contribution in [-0.2, 0) is 11.2 Å². The van der Waals surface area contributed by atoms with Gasteiger partial charge in [-0.05, 0) is 54.7 Å². The fourth-order valence-electron chi connectivity index (χ4n) is 3.54. The Kier molecular flexibility index (Phi) is 6.42. The second-order valence-corrected chi connectivity index (χ2v) is 7.56. The fourth-order valence-corrected chi connectivity index (χ4v) is 3.54. The van der Waals surface area contributed by atoms with Crippen molar-refractivity contribution < 1.29 is 19.1 Å². The van der Waals surface area contributed by atoms with Crippen molar-refractivity contribution in [3.63, 3.8) is 0 Å². The van der Waals surface area contributed by atoms with Crippen LogP contribution in [0.25, 0.3) is 0 Å². The zero-order valence-electron chi connectivity index (χ0n) is 17.5. The monoisotopic (exact) mass is 396 g/mol. The van der Waals surface area contributed by atoms with Gasteiger partial charge in [0, 0.05) is 24.3 Å². The summed E-state index contributed by atoms with van der Waals surface area (Å²) in [5, 5.41) is 2.93. The molecular formula is C23H28N2O4. The molecule has 0 saturated heterocycles. The Bertz CT molecular complexity index is 885. The van der Waals surface area contributed by atoms with E-state index in [0.29, 0.717) is 48.1 Å². The Balaban J connectivity index is 1.84. The van der Waals surface area contributed by atoms with Gasteiger partial charge in [0.15, 0.2) is 0 Å². The second-order valence-electron chi connectivity index (χ2n) is 7.56. The Hall–Kier alpha value is -3.02. The molecule has 2 aromatic rings. The van der Waals surface area contributed by atoms with E-state index >= 15 is 0 Å². The Morgan fingerprint density at radius 3 is 2.41 bits per heavy atom. The van der Waals surface area contributed by atoms with Crippen LogP contribution in [0.15, 0.2) is 36.4 Å². The number of benzene rings is 2. The van der Waals surface area contributed by atoms with Crippen LogP contribution in [0.2, 0.25) is 0 Å². The van der Waals surface area contributed by atoms with Crippen molar-refractivity contribution >= 4 is 23.2 Å². The Morgan fingerprint density at radius 2 is 1.79 bits per heavy atom. The number of carbonyl (C=O) groups is 2. The molecule has 29 heavy (non-hydrogen) atoms. The maximum absolute atomic E-state index is 12.9. The number of ether oxygens (including phenoxy) is 2. The van der Waals surface area contributed by atoms with E-state index in [-0.39, 0.29) is 11.8 Å². The molecule has 3 rings (SSSR count). The van der Waals surface area contributed by atoms with E-state index in [9.17, 15) is 9.59 Å². The third-order valence-corrected chi connectivity index (χ3v) is 5.12. The van der Waals surface area contributed by atoms with Gasteiger partial charge in [0.05, 0.1) is 14.2 Å². The quantitative estimate of drug-likeness (QED) is 0.758. The lowest BCUT2D eigenvalue weighted by Gasteiger charge is -2.30. The minimum absolute atomic E-state index is 0.161. The van der Waals surface area contributed by atoms with E-state index in [2.05, 4.69) is 19.2 Å². The summed E-state index contributed by atoms with van der Waals surface area (Å²) in [6, 6.07) is 10.9. The molecule has 2 amide bonds. The van der Waals surface area contributed by atoms with Gasteiger partial charge in [-0.25, -0.2) is 0 Å². The molecule has 2 aromatic carbocycles. The number of rotatable bonds is 7. The molecule has 154 valence electrons. The number of nitrogens with one attached hydrogen (secondary N) is 1. The predicted molar refractivity (Wildman–Crippen MR) is 114 cm³/mol. The van der Waals surface area contributed by atoms with Crippen LogP contribution < -0.4 is 19.7 Å². The lowest BCUT2D eigenvalue weighted by Crippen LogP contribution is -2.36. The van der Waals surface area contributed by atoms with Gasteiger partial charge >= 0.3 is 0 Å². The van der Waals surface area contributed by atoms with Crippen LogP contribution in [0.4, 0.5) is 11.4 Å². The van der Waals surface area contributed by atoms with Crippen LogP contribution in [-0.4, -0.2) is 32.6 Å². The van der Waals surface area contributed by atoms with Crippen molar-refractivity contribution in [2.24, 2.45) is 5.92 Å². The molecule has 1 aliphatic heterocycles. The first-order valence-corrected chi connectivity index (χ1v) is 9.90. The van der Waals surface area contributed by atoms with E-state index in [1.165, 1.54) is 14.2 Å². The number of carbonyl (C=O) groups excluding carboxylic acids is 2. The van der Waals surface area contributed by atoms with Gasteiger partial charge in [0.2, 0.25) is 5.91 Å². The number of hydrogen-bond acceptors (Lipinski definition) is 4. The van der Waals surface area contributed by atoms with E-state index in [0.717, 1.165) is 17.7 Å². The highest BCUT2D eigenvalue weighted by Gasteiger charge is 2.25. The smallest absolute Gasteiger partial charge is 0.263 e. The van der Waals surface area contributed by atoms with E-state index < -0.39 is 0 Å². The van der Waals surface area contributed by atoms with Crippen LogP contribution in [0.3, 0.4) is 0 Å². The first-order chi connectivity index (χ1) is 13.9. The van der Waals surface area contributed by atoms with Gasteiger partial charge in [-0.15, -0.1) is 0 Å². The normalized spacial score (nSPS) is 13.3. The largest absolute Gasteiger partial charge is 0.496 e. The van der Waals surface area contributed by atoms with Gasteiger partial charge in [-0.1, -0.05) is 19.9 Å². The highest BCUT2D eigenvalue weighted by molar-refractivity contribution is 6.08. The van der Waals surface area contributed by atoms with Crippen molar-refractivity contribution in [3.05, 3.63) is 47.5 Å². The second kappa shape index (κ2) is 8.99. The third-order valence-electron chi connectivity index (χ3n) is 5.12. The average Bonchev–Trinajstić information content (AvgIpc) is 2.72. The van der Waals surface area contributed by atoms with Crippen LogP contribution in [0, 0.1) is 5.92 Å². The Morgan fingerprint density at radius 1 is 1.10 bits per heavy atom. The molecule has 0 saturated carbocycles. The maximum atomic E-state index is 12.9. The van der Waals surface area contributed by atoms with E-state index in [1.54, 1.807) is 18.2 Å². The lowest BCUT2D eigenvalue weighted by molar-refractivity contribution is -0.118. The first kappa shape index (κ1) is 20.7.